The summed E-state index contributed by atoms with van der Waals surface area (Å²) in [6.45, 7) is 0. The van der Waals surface area contributed by atoms with Gasteiger partial charge in [-0.3, -0.25) is 4.79 Å². The summed E-state index contributed by atoms with van der Waals surface area (Å²) in [5.41, 5.74) is -0.0511. The third-order valence-electron chi connectivity index (χ3n) is 4.90. The van der Waals surface area contributed by atoms with E-state index in [1.54, 1.807) is 0 Å². The van der Waals surface area contributed by atoms with Crippen LogP contribution in [0.5, 0.6) is 0 Å². The molecule has 72 valence electrons. The topological polar surface area (TPSA) is 17.1 Å². The van der Waals surface area contributed by atoms with Gasteiger partial charge in [0.15, 0.2) is 0 Å². The van der Waals surface area contributed by atoms with Gasteiger partial charge >= 0.3 is 0 Å². The molecule has 0 amide bonds. The molecule has 0 aliphatic heterocycles. The fourth-order valence-corrected chi connectivity index (χ4v) is 4.86. The molecule has 3 aliphatic rings. The highest BCUT2D eigenvalue weighted by molar-refractivity contribution is 6.64. The Morgan fingerprint density at radius 2 is 2.15 bits per heavy atom. The predicted molar refractivity (Wildman–Crippen MR) is 51.5 cm³/mol. The van der Waals surface area contributed by atoms with E-state index in [0.29, 0.717) is 11.8 Å². The third-order valence-corrected chi connectivity index (χ3v) is 5.26. The Morgan fingerprint density at radius 3 is 2.85 bits per heavy atom. The lowest BCUT2D eigenvalue weighted by Gasteiger charge is -2.35. The van der Waals surface area contributed by atoms with E-state index in [4.69, 9.17) is 11.6 Å². The smallest absolute Gasteiger partial charge is 0.228 e. The molecule has 1 nitrogen and oxygen atoms in total. The number of rotatable bonds is 1. The van der Waals surface area contributed by atoms with Crippen LogP contribution in [-0.2, 0) is 4.79 Å². The van der Waals surface area contributed by atoms with Gasteiger partial charge in [-0.25, -0.2) is 0 Å². The molecule has 0 saturated heterocycles. The molecule has 0 N–H and O–H groups in total. The molecule has 3 rings (SSSR count). The van der Waals surface area contributed by atoms with Gasteiger partial charge in [-0.2, -0.15) is 0 Å². The van der Waals surface area contributed by atoms with Crippen molar-refractivity contribution >= 4 is 16.8 Å². The Balaban J connectivity index is 2.04. The minimum absolute atomic E-state index is 0.0119. The Bertz CT molecular complexity index is 263. The van der Waals surface area contributed by atoms with Crippen LogP contribution in [0.15, 0.2) is 0 Å². The molecular weight excluding hydrogens is 184 g/mol. The standard InChI is InChI=1S/C11H15ClO/c12-10(13)11-5-1-2-9(11)7-3-4-8(11)6-7/h7-9H,1-6H2. The molecule has 0 aromatic rings. The normalized spacial score (nSPS) is 52.5. The van der Waals surface area contributed by atoms with Crippen LogP contribution in [0.25, 0.3) is 0 Å². The fourth-order valence-electron chi connectivity index (χ4n) is 4.47. The molecule has 0 radical (unpaired) electrons. The monoisotopic (exact) mass is 198 g/mol. The van der Waals surface area contributed by atoms with Crippen molar-refractivity contribution in [3.05, 3.63) is 0 Å². The quantitative estimate of drug-likeness (QED) is 0.592. The Labute approximate surface area is 83.8 Å². The van der Waals surface area contributed by atoms with E-state index in [9.17, 15) is 4.79 Å². The summed E-state index contributed by atoms with van der Waals surface area (Å²) < 4.78 is 0. The molecule has 0 spiro atoms. The zero-order valence-electron chi connectivity index (χ0n) is 7.76. The van der Waals surface area contributed by atoms with E-state index in [2.05, 4.69) is 0 Å². The highest BCUT2D eigenvalue weighted by Crippen LogP contribution is 2.66. The van der Waals surface area contributed by atoms with Gasteiger partial charge in [-0.1, -0.05) is 6.42 Å². The molecule has 0 aromatic carbocycles. The van der Waals surface area contributed by atoms with Gasteiger partial charge in [0.2, 0.25) is 5.24 Å². The van der Waals surface area contributed by atoms with Crippen molar-refractivity contribution in [2.24, 2.45) is 23.2 Å². The molecule has 3 saturated carbocycles. The zero-order chi connectivity index (χ0) is 9.05. The summed E-state index contributed by atoms with van der Waals surface area (Å²) in [7, 11) is 0. The van der Waals surface area contributed by atoms with Crippen molar-refractivity contribution in [3.63, 3.8) is 0 Å². The van der Waals surface area contributed by atoms with Gasteiger partial charge in [0, 0.05) is 0 Å². The molecule has 2 heteroatoms. The number of hydrogen-bond acceptors (Lipinski definition) is 1. The largest absolute Gasteiger partial charge is 0.281 e. The van der Waals surface area contributed by atoms with Crippen molar-refractivity contribution in [2.45, 2.75) is 38.5 Å². The molecule has 4 unspecified atom stereocenters. The average molecular weight is 199 g/mol. The van der Waals surface area contributed by atoms with Crippen LogP contribution in [0.1, 0.15) is 38.5 Å². The first-order valence-electron chi connectivity index (χ1n) is 5.45. The second kappa shape index (κ2) is 2.50. The van der Waals surface area contributed by atoms with Crippen LogP contribution in [0.4, 0.5) is 0 Å². The van der Waals surface area contributed by atoms with Gasteiger partial charge in [-0.15, -0.1) is 0 Å². The Morgan fingerprint density at radius 1 is 1.31 bits per heavy atom. The first kappa shape index (κ1) is 8.28. The van der Waals surface area contributed by atoms with E-state index >= 15 is 0 Å². The molecule has 3 fully saturated rings. The number of hydrogen-bond donors (Lipinski definition) is 0. The number of fused-ring (bicyclic) bond motifs is 5. The van der Waals surface area contributed by atoms with E-state index in [0.717, 1.165) is 12.3 Å². The minimum atomic E-state index is -0.0511. The lowest BCUT2D eigenvalue weighted by atomic mass is 9.69. The Kier molecular flexibility index (Phi) is 1.59. The van der Waals surface area contributed by atoms with Crippen molar-refractivity contribution < 1.29 is 4.79 Å². The maximum atomic E-state index is 11.6. The summed E-state index contributed by atoms with van der Waals surface area (Å²) in [5, 5.41) is -0.0119. The van der Waals surface area contributed by atoms with Crippen LogP contribution in [0.2, 0.25) is 0 Å². The van der Waals surface area contributed by atoms with Gasteiger partial charge < -0.3 is 0 Å². The zero-order valence-corrected chi connectivity index (χ0v) is 8.52. The van der Waals surface area contributed by atoms with E-state index in [1.165, 1.54) is 32.1 Å². The predicted octanol–water partition coefficient (Wildman–Crippen LogP) is 2.97. The molecular formula is C11H15ClO. The highest BCUT2D eigenvalue weighted by Gasteiger charge is 2.62. The van der Waals surface area contributed by atoms with Gasteiger partial charge in [0.05, 0.1) is 5.41 Å². The van der Waals surface area contributed by atoms with Gasteiger partial charge in [0.25, 0.3) is 0 Å². The van der Waals surface area contributed by atoms with Gasteiger partial charge in [-0.05, 0) is 61.5 Å². The maximum absolute atomic E-state index is 11.6. The van der Waals surface area contributed by atoms with E-state index in [1.807, 2.05) is 0 Å². The number of carbonyl (C=O) groups is 1. The summed E-state index contributed by atoms with van der Waals surface area (Å²) >= 11 is 5.83. The Hall–Kier alpha value is -0.0400. The SMILES string of the molecule is O=C(Cl)C12CCCC1C1CCC2C1. The summed E-state index contributed by atoms with van der Waals surface area (Å²) in [5.74, 6) is 2.15. The lowest BCUT2D eigenvalue weighted by molar-refractivity contribution is -0.125. The fraction of sp³-hybridized carbons (Fsp3) is 0.909. The summed E-state index contributed by atoms with van der Waals surface area (Å²) in [4.78, 5) is 11.6. The van der Waals surface area contributed by atoms with Crippen LogP contribution >= 0.6 is 11.6 Å². The molecule has 0 aromatic heterocycles. The number of carbonyl (C=O) groups excluding carboxylic acids is 1. The molecule has 4 atom stereocenters. The minimum Gasteiger partial charge on any atom is -0.281 e. The second-order valence-corrected chi connectivity index (χ2v) is 5.43. The van der Waals surface area contributed by atoms with Crippen molar-refractivity contribution in [1.82, 2.24) is 0 Å². The molecule has 0 heterocycles. The maximum Gasteiger partial charge on any atom is 0.228 e. The molecule has 3 aliphatic carbocycles. The van der Waals surface area contributed by atoms with Crippen molar-refractivity contribution in [2.75, 3.05) is 0 Å². The second-order valence-electron chi connectivity index (χ2n) is 5.08. The van der Waals surface area contributed by atoms with E-state index < -0.39 is 0 Å². The highest BCUT2D eigenvalue weighted by atomic mass is 35.5. The van der Waals surface area contributed by atoms with Crippen molar-refractivity contribution in [3.8, 4) is 0 Å². The van der Waals surface area contributed by atoms with Crippen LogP contribution in [0, 0.1) is 23.2 Å². The molecule has 2 bridgehead atoms. The first-order valence-corrected chi connectivity index (χ1v) is 5.83. The molecule has 13 heavy (non-hydrogen) atoms. The third kappa shape index (κ3) is 0.823. The first-order chi connectivity index (χ1) is 6.25. The summed E-state index contributed by atoms with van der Waals surface area (Å²) in [6.07, 6.45) is 7.50. The van der Waals surface area contributed by atoms with Crippen LogP contribution < -0.4 is 0 Å². The van der Waals surface area contributed by atoms with Crippen LogP contribution in [0.3, 0.4) is 0 Å². The van der Waals surface area contributed by atoms with E-state index in [-0.39, 0.29) is 10.7 Å². The summed E-state index contributed by atoms with van der Waals surface area (Å²) in [6, 6.07) is 0. The van der Waals surface area contributed by atoms with Crippen molar-refractivity contribution in [1.29, 1.82) is 0 Å². The van der Waals surface area contributed by atoms with Crippen LogP contribution in [-0.4, -0.2) is 5.24 Å². The lowest BCUT2D eigenvalue weighted by Crippen LogP contribution is -2.37. The van der Waals surface area contributed by atoms with Gasteiger partial charge in [0.1, 0.15) is 0 Å². The average Bonchev–Trinajstić information content (AvgIpc) is 2.76. The number of halogens is 1.